The van der Waals surface area contributed by atoms with E-state index in [0.717, 1.165) is 19.4 Å². The Bertz CT molecular complexity index is 457. The van der Waals surface area contributed by atoms with Gasteiger partial charge < -0.3 is 5.32 Å². The van der Waals surface area contributed by atoms with Gasteiger partial charge in [-0.15, -0.1) is 0 Å². The Morgan fingerprint density at radius 1 is 1.14 bits per heavy atom. The van der Waals surface area contributed by atoms with E-state index in [1.54, 1.807) is 4.31 Å². The summed E-state index contributed by atoms with van der Waals surface area (Å²) in [6, 6.07) is 0. The Balaban J connectivity index is 1.90. The Morgan fingerprint density at radius 2 is 1.76 bits per heavy atom. The van der Waals surface area contributed by atoms with E-state index in [9.17, 15) is 8.42 Å². The second-order valence-electron chi connectivity index (χ2n) is 7.77. The van der Waals surface area contributed by atoms with Crippen molar-refractivity contribution in [3.63, 3.8) is 0 Å². The molecule has 2 N–H and O–H groups in total. The zero-order chi connectivity index (χ0) is 15.9. The van der Waals surface area contributed by atoms with E-state index >= 15 is 0 Å². The molecule has 0 aromatic carbocycles. The van der Waals surface area contributed by atoms with Crippen LogP contribution >= 0.6 is 0 Å². The van der Waals surface area contributed by atoms with Crippen molar-refractivity contribution < 1.29 is 8.42 Å². The van der Waals surface area contributed by atoms with Gasteiger partial charge >= 0.3 is 0 Å². The third-order valence-electron chi connectivity index (χ3n) is 6.10. The highest BCUT2D eigenvalue weighted by atomic mass is 32.2. The third kappa shape index (κ3) is 3.28. The lowest BCUT2D eigenvalue weighted by molar-refractivity contribution is 0.260. The molecule has 124 valence electrons. The smallest absolute Gasteiger partial charge is 0.279 e. The first kappa shape index (κ1) is 17.2. The lowest BCUT2D eigenvalue weighted by atomic mass is 10.00. The fourth-order valence-corrected chi connectivity index (χ4v) is 5.16. The molecular weight excluding hydrogens is 286 g/mol. The summed E-state index contributed by atoms with van der Waals surface area (Å²) in [5.74, 6) is 0.840. The summed E-state index contributed by atoms with van der Waals surface area (Å²) in [6.45, 7) is 11.6. The molecule has 1 saturated carbocycles. The topological polar surface area (TPSA) is 61.4 Å². The van der Waals surface area contributed by atoms with Gasteiger partial charge in [0.15, 0.2) is 0 Å². The van der Waals surface area contributed by atoms with E-state index in [4.69, 9.17) is 0 Å². The van der Waals surface area contributed by atoms with Crippen LogP contribution in [0.5, 0.6) is 0 Å². The van der Waals surface area contributed by atoms with Gasteiger partial charge in [-0.05, 0) is 49.1 Å². The van der Waals surface area contributed by atoms with Gasteiger partial charge in [0.1, 0.15) is 0 Å². The number of nitrogens with zero attached hydrogens (tertiary/aromatic N) is 1. The first-order valence-electron chi connectivity index (χ1n) is 8.02. The molecule has 0 radical (unpaired) electrons. The highest BCUT2D eigenvalue weighted by molar-refractivity contribution is 7.87. The average Bonchev–Trinajstić information content (AvgIpc) is 2.78. The Kier molecular flexibility index (Phi) is 4.74. The molecule has 5 nitrogen and oxygen atoms in total. The lowest BCUT2D eigenvalue weighted by Gasteiger charge is -2.31. The summed E-state index contributed by atoms with van der Waals surface area (Å²) in [5, 5.41) is 3.15. The highest BCUT2D eigenvalue weighted by Crippen LogP contribution is 2.67. The van der Waals surface area contributed by atoms with Crippen molar-refractivity contribution in [1.82, 2.24) is 14.3 Å². The Hall–Kier alpha value is -0.170. The molecule has 6 heteroatoms. The van der Waals surface area contributed by atoms with Crippen LogP contribution in [0.4, 0.5) is 0 Å². The van der Waals surface area contributed by atoms with E-state index in [-0.39, 0.29) is 10.8 Å². The van der Waals surface area contributed by atoms with Crippen LogP contribution in [0.1, 0.15) is 40.5 Å². The van der Waals surface area contributed by atoms with Crippen molar-refractivity contribution in [2.24, 2.45) is 22.7 Å². The SMILES string of the molecule is CNCC1CCCN(S(=O)(=O)NCC2C(C)(C)C2(C)C)C1. The molecule has 1 heterocycles. The van der Waals surface area contributed by atoms with E-state index < -0.39 is 10.2 Å². The summed E-state index contributed by atoms with van der Waals surface area (Å²) in [4.78, 5) is 0. The van der Waals surface area contributed by atoms with Crippen LogP contribution in [0.3, 0.4) is 0 Å². The van der Waals surface area contributed by atoms with Crippen molar-refractivity contribution in [3.8, 4) is 0 Å². The van der Waals surface area contributed by atoms with Gasteiger partial charge in [-0.2, -0.15) is 12.7 Å². The summed E-state index contributed by atoms with van der Waals surface area (Å²) in [5.41, 5.74) is 0.429. The van der Waals surface area contributed by atoms with E-state index in [0.29, 0.717) is 31.5 Å². The molecule has 1 aliphatic heterocycles. The zero-order valence-electron chi connectivity index (χ0n) is 14.1. The minimum atomic E-state index is -3.33. The van der Waals surface area contributed by atoms with Crippen LogP contribution in [0, 0.1) is 22.7 Å². The lowest BCUT2D eigenvalue weighted by Crippen LogP contribution is -2.48. The van der Waals surface area contributed by atoms with Crippen molar-refractivity contribution in [1.29, 1.82) is 0 Å². The van der Waals surface area contributed by atoms with Crippen molar-refractivity contribution >= 4 is 10.2 Å². The molecule has 0 bridgehead atoms. The maximum absolute atomic E-state index is 12.5. The second kappa shape index (κ2) is 5.80. The largest absolute Gasteiger partial charge is 0.319 e. The minimum absolute atomic E-state index is 0.214. The van der Waals surface area contributed by atoms with Crippen LogP contribution in [0.25, 0.3) is 0 Å². The van der Waals surface area contributed by atoms with Gasteiger partial charge in [-0.3, -0.25) is 0 Å². The second-order valence-corrected chi connectivity index (χ2v) is 9.53. The molecule has 0 aromatic heterocycles. The Labute approximate surface area is 130 Å². The van der Waals surface area contributed by atoms with Crippen molar-refractivity contribution in [2.75, 3.05) is 33.2 Å². The predicted molar refractivity (Wildman–Crippen MR) is 86.2 cm³/mol. The van der Waals surface area contributed by atoms with Gasteiger partial charge in [0, 0.05) is 19.6 Å². The zero-order valence-corrected chi connectivity index (χ0v) is 14.9. The monoisotopic (exact) mass is 317 g/mol. The molecule has 0 amide bonds. The van der Waals surface area contributed by atoms with Gasteiger partial charge in [0.05, 0.1) is 0 Å². The molecule has 21 heavy (non-hydrogen) atoms. The average molecular weight is 317 g/mol. The summed E-state index contributed by atoms with van der Waals surface area (Å²) >= 11 is 0. The third-order valence-corrected chi connectivity index (χ3v) is 7.65. The first-order chi connectivity index (χ1) is 9.63. The minimum Gasteiger partial charge on any atom is -0.319 e. The van der Waals surface area contributed by atoms with E-state index in [1.165, 1.54) is 0 Å². The fourth-order valence-electron chi connectivity index (χ4n) is 3.82. The van der Waals surface area contributed by atoms with Gasteiger partial charge in [0.25, 0.3) is 10.2 Å². The number of hydrogen-bond donors (Lipinski definition) is 2. The molecule has 2 aliphatic rings. The molecule has 0 aromatic rings. The molecule has 1 saturated heterocycles. The summed E-state index contributed by atoms with van der Waals surface area (Å²) in [7, 11) is -1.41. The number of hydrogen-bond acceptors (Lipinski definition) is 3. The summed E-state index contributed by atoms with van der Waals surface area (Å²) < 4.78 is 29.4. The molecule has 2 fully saturated rings. The molecule has 1 atom stereocenters. The van der Waals surface area contributed by atoms with Gasteiger partial charge in [-0.1, -0.05) is 27.7 Å². The molecular formula is C15H31N3O2S. The molecule has 0 spiro atoms. The standard InChI is InChI=1S/C15H31N3O2S/c1-14(2)13(15(14,3)4)10-17-21(19,20)18-8-6-7-12(11-18)9-16-5/h12-13,16-17H,6-11H2,1-5H3. The fraction of sp³-hybridized carbons (Fsp3) is 1.00. The first-order valence-corrected chi connectivity index (χ1v) is 9.46. The molecule has 2 rings (SSSR count). The molecule has 1 unspecified atom stereocenters. The van der Waals surface area contributed by atoms with Gasteiger partial charge in [0.2, 0.25) is 0 Å². The highest BCUT2D eigenvalue weighted by Gasteiger charge is 2.64. The van der Waals surface area contributed by atoms with Crippen LogP contribution < -0.4 is 10.0 Å². The quantitative estimate of drug-likeness (QED) is 0.779. The van der Waals surface area contributed by atoms with Crippen molar-refractivity contribution in [2.45, 2.75) is 40.5 Å². The maximum atomic E-state index is 12.5. The van der Waals surface area contributed by atoms with Gasteiger partial charge in [-0.25, -0.2) is 4.72 Å². The number of piperidine rings is 1. The van der Waals surface area contributed by atoms with E-state index in [2.05, 4.69) is 37.7 Å². The number of nitrogens with one attached hydrogen (secondary N) is 2. The molecule has 1 aliphatic carbocycles. The van der Waals surface area contributed by atoms with Crippen LogP contribution in [0.15, 0.2) is 0 Å². The number of rotatable bonds is 6. The Morgan fingerprint density at radius 3 is 2.29 bits per heavy atom. The van der Waals surface area contributed by atoms with Crippen LogP contribution in [0.2, 0.25) is 0 Å². The summed E-state index contributed by atoms with van der Waals surface area (Å²) in [6.07, 6.45) is 2.06. The van der Waals surface area contributed by atoms with Crippen LogP contribution in [-0.4, -0.2) is 45.9 Å². The normalized spacial score (nSPS) is 29.5. The van der Waals surface area contributed by atoms with E-state index in [1.807, 2.05) is 7.05 Å². The predicted octanol–water partition coefficient (Wildman–Crippen LogP) is 1.43. The maximum Gasteiger partial charge on any atom is 0.279 e. The van der Waals surface area contributed by atoms with Crippen molar-refractivity contribution in [3.05, 3.63) is 0 Å². The van der Waals surface area contributed by atoms with Crippen LogP contribution in [-0.2, 0) is 10.2 Å².